The number of pyridine rings is 2. The molecule has 0 fully saturated rings. The van der Waals surface area contributed by atoms with Crippen LogP contribution in [0.4, 0.5) is 4.39 Å². The average molecular weight is 277 g/mol. The molecule has 0 aliphatic rings. The molecule has 21 heavy (non-hydrogen) atoms. The van der Waals surface area contributed by atoms with Crippen LogP contribution in [0.5, 0.6) is 0 Å². The van der Waals surface area contributed by atoms with Crippen LogP contribution in [0.25, 0.3) is 33.2 Å². The van der Waals surface area contributed by atoms with E-state index in [4.69, 9.17) is 0 Å². The molecular formula is C17H12FN3. The summed E-state index contributed by atoms with van der Waals surface area (Å²) < 4.78 is 13.7. The maximum absolute atomic E-state index is 13.7. The van der Waals surface area contributed by atoms with Gasteiger partial charge in [-0.2, -0.15) is 0 Å². The Bertz CT molecular complexity index is 972. The molecule has 0 bridgehead atoms. The van der Waals surface area contributed by atoms with E-state index < -0.39 is 0 Å². The highest BCUT2D eigenvalue weighted by Crippen LogP contribution is 2.30. The fourth-order valence-electron chi connectivity index (χ4n) is 2.69. The first kappa shape index (κ1) is 12.0. The Morgan fingerprint density at radius 3 is 2.90 bits per heavy atom. The highest BCUT2D eigenvalue weighted by atomic mass is 19.1. The van der Waals surface area contributed by atoms with E-state index in [-0.39, 0.29) is 5.82 Å². The molecule has 0 radical (unpaired) electrons. The lowest BCUT2D eigenvalue weighted by molar-refractivity contribution is 0.628. The zero-order chi connectivity index (χ0) is 14.4. The van der Waals surface area contributed by atoms with Gasteiger partial charge < -0.3 is 4.98 Å². The number of halogens is 1. The molecule has 0 aliphatic carbocycles. The average Bonchev–Trinajstić information content (AvgIpc) is 2.91. The van der Waals surface area contributed by atoms with Crippen LogP contribution in [-0.2, 0) is 0 Å². The molecule has 0 unspecified atom stereocenters. The lowest BCUT2D eigenvalue weighted by Gasteiger charge is -2.02. The summed E-state index contributed by atoms with van der Waals surface area (Å²) in [5, 5.41) is 0.850. The Balaban J connectivity index is 2.00. The third kappa shape index (κ3) is 1.88. The summed E-state index contributed by atoms with van der Waals surface area (Å²) >= 11 is 0. The van der Waals surface area contributed by atoms with Gasteiger partial charge in [0.15, 0.2) is 0 Å². The third-order valence-corrected chi connectivity index (χ3v) is 3.68. The SMILES string of the molecule is Cc1cc(F)cc2c(-c3ccc4ncccc4n3)c[nH]c12. The molecule has 4 heteroatoms. The van der Waals surface area contributed by atoms with Crippen molar-refractivity contribution in [2.75, 3.05) is 0 Å². The predicted molar refractivity (Wildman–Crippen MR) is 81.5 cm³/mol. The molecule has 0 saturated carbocycles. The van der Waals surface area contributed by atoms with Crippen LogP contribution in [0.15, 0.2) is 48.8 Å². The number of H-pyrrole nitrogens is 1. The molecule has 3 aromatic heterocycles. The fourth-order valence-corrected chi connectivity index (χ4v) is 2.69. The van der Waals surface area contributed by atoms with Gasteiger partial charge in [0.1, 0.15) is 5.82 Å². The van der Waals surface area contributed by atoms with Crippen LogP contribution in [-0.4, -0.2) is 15.0 Å². The summed E-state index contributed by atoms with van der Waals surface area (Å²) in [5.41, 5.74) is 5.23. The Kier molecular flexibility index (Phi) is 2.51. The standard InChI is InChI=1S/C17H12FN3/c1-10-7-11(18)8-12-13(9-20-17(10)12)14-4-5-15-16(21-14)3-2-6-19-15/h2-9,20H,1H3. The molecule has 0 amide bonds. The fraction of sp³-hybridized carbons (Fsp3) is 0.0588. The van der Waals surface area contributed by atoms with E-state index in [0.717, 1.165) is 38.8 Å². The molecule has 0 aliphatic heterocycles. The molecule has 102 valence electrons. The number of benzene rings is 1. The van der Waals surface area contributed by atoms with Crippen molar-refractivity contribution in [3.05, 3.63) is 60.2 Å². The van der Waals surface area contributed by atoms with Crippen molar-refractivity contribution in [2.45, 2.75) is 6.92 Å². The summed E-state index contributed by atoms with van der Waals surface area (Å²) in [5.74, 6) is -0.233. The van der Waals surface area contributed by atoms with Gasteiger partial charge in [0.05, 0.1) is 16.7 Å². The van der Waals surface area contributed by atoms with E-state index in [2.05, 4.69) is 15.0 Å². The first-order valence-electron chi connectivity index (χ1n) is 6.72. The molecule has 4 aromatic rings. The van der Waals surface area contributed by atoms with E-state index in [0.29, 0.717) is 0 Å². The van der Waals surface area contributed by atoms with Crippen LogP contribution in [0.2, 0.25) is 0 Å². The number of rotatable bonds is 1. The molecule has 0 saturated heterocycles. The van der Waals surface area contributed by atoms with Crippen molar-refractivity contribution >= 4 is 21.9 Å². The number of aromatic nitrogens is 3. The minimum absolute atomic E-state index is 0.233. The summed E-state index contributed by atoms with van der Waals surface area (Å²) in [6.07, 6.45) is 3.62. The van der Waals surface area contributed by atoms with Crippen molar-refractivity contribution in [3.8, 4) is 11.3 Å². The zero-order valence-electron chi connectivity index (χ0n) is 11.4. The third-order valence-electron chi connectivity index (χ3n) is 3.68. The summed E-state index contributed by atoms with van der Waals surface area (Å²) in [6.45, 7) is 1.89. The quantitative estimate of drug-likeness (QED) is 0.566. The number of nitrogens with one attached hydrogen (secondary N) is 1. The summed E-state index contributed by atoms with van der Waals surface area (Å²) in [7, 11) is 0. The maximum atomic E-state index is 13.7. The summed E-state index contributed by atoms with van der Waals surface area (Å²) in [4.78, 5) is 12.1. The van der Waals surface area contributed by atoms with Crippen molar-refractivity contribution in [3.63, 3.8) is 0 Å². The molecule has 0 atom stereocenters. The van der Waals surface area contributed by atoms with Crippen LogP contribution in [0, 0.1) is 12.7 Å². The van der Waals surface area contributed by atoms with Gasteiger partial charge in [-0.05, 0) is 48.9 Å². The molecular weight excluding hydrogens is 265 g/mol. The highest BCUT2D eigenvalue weighted by Gasteiger charge is 2.11. The smallest absolute Gasteiger partial charge is 0.124 e. The van der Waals surface area contributed by atoms with E-state index in [1.807, 2.05) is 37.4 Å². The van der Waals surface area contributed by atoms with Gasteiger partial charge in [-0.25, -0.2) is 9.37 Å². The second-order valence-electron chi connectivity index (χ2n) is 5.09. The zero-order valence-corrected chi connectivity index (χ0v) is 11.4. The van der Waals surface area contributed by atoms with Crippen molar-refractivity contribution < 1.29 is 4.39 Å². The number of nitrogens with zero attached hydrogens (tertiary/aromatic N) is 2. The van der Waals surface area contributed by atoms with Crippen LogP contribution in [0.1, 0.15) is 5.56 Å². The number of hydrogen-bond acceptors (Lipinski definition) is 2. The molecule has 3 heterocycles. The van der Waals surface area contributed by atoms with Gasteiger partial charge in [0.25, 0.3) is 0 Å². The molecule has 0 spiro atoms. The monoisotopic (exact) mass is 277 g/mol. The lowest BCUT2D eigenvalue weighted by atomic mass is 10.1. The largest absolute Gasteiger partial charge is 0.360 e. The number of hydrogen-bond donors (Lipinski definition) is 1. The van der Waals surface area contributed by atoms with Crippen LogP contribution in [0.3, 0.4) is 0 Å². The molecule has 1 N–H and O–H groups in total. The van der Waals surface area contributed by atoms with E-state index >= 15 is 0 Å². The van der Waals surface area contributed by atoms with Gasteiger partial charge in [-0.15, -0.1) is 0 Å². The van der Waals surface area contributed by atoms with E-state index in [9.17, 15) is 4.39 Å². The highest BCUT2D eigenvalue weighted by molar-refractivity contribution is 5.97. The lowest BCUT2D eigenvalue weighted by Crippen LogP contribution is -1.86. The van der Waals surface area contributed by atoms with Crippen LogP contribution >= 0.6 is 0 Å². The maximum Gasteiger partial charge on any atom is 0.124 e. The first-order chi connectivity index (χ1) is 10.2. The predicted octanol–water partition coefficient (Wildman–Crippen LogP) is 4.23. The number of aromatic amines is 1. The number of fused-ring (bicyclic) bond motifs is 2. The second kappa shape index (κ2) is 4.38. The van der Waals surface area contributed by atoms with E-state index in [1.54, 1.807) is 12.3 Å². The molecule has 4 rings (SSSR count). The van der Waals surface area contributed by atoms with Gasteiger partial charge >= 0.3 is 0 Å². The second-order valence-corrected chi connectivity index (χ2v) is 5.09. The van der Waals surface area contributed by atoms with Gasteiger partial charge in [-0.3, -0.25) is 4.98 Å². The van der Waals surface area contributed by atoms with Crippen molar-refractivity contribution in [1.29, 1.82) is 0 Å². The first-order valence-corrected chi connectivity index (χ1v) is 6.72. The number of aryl methyl sites for hydroxylation is 1. The normalized spacial score (nSPS) is 11.3. The van der Waals surface area contributed by atoms with Gasteiger partial charge in [0.2, 0.25) is 0 Å². The van der Waals surface area contributed by atoms with E-state index in [1.165, 1.54) is 6.07 Å². The van der Waals surface area contributed by atoms with Gasteiger partial charge in [0, 0.05) is 28.9 Å². The Hall–Kier alpha value is -2.75. The molecule has 3 nitrogen and oxygen atoms in total. The topological polar surface area (TPSA) is 41.6 Å². The van der Waals surface area contributed by atoms with Crippen LogP contribution < -0.4 is 0 Å². The summed E-state index contributed by atoms with van der Waals surface area (Å²) in [6, 6.07) is 10.7. The Morgan fingerprint density at radius 2 is 2.00 bits per heavy atom. The minimum Gasteiger partial charge on any atom is -0.360 e. The molecule has 1 aromatic carbocycles. The Labute approximate surface area is 120 Å². The van der Waals surface area contributed by atoms with Crippen molar-refractivity contribution in [1.82, 2.24) is 15.0 Å². The van der Waals surface area contributed by atoms with Gasteiger partial charge in [-0.1, -0.05) is 0 Å². The minimum atomic E-state index is -0.233. The van der Waals surface area contributed by atoms with Crippen molar-refractivity contribution in [2.24, 2.45) is 0 Å². The Morgan fingerprint density at radius 1 is 1.10 bits per heavy atom.